The maximum atomic E-state index is 5.48. The van der Waals surface area contributed by atoms with Crippen molar-refractivity contribution >= 4 is 15.9 Å². The number of nitrogens with zero attached hydrogens (tertiary/aromatic N) is 1. The van der Waals surface area contributed by atoms with E-state index in [0.717, 1.165) is 28.0 Å². The third-order valence-corrected chi connectivity index (χ3v) is 2.86. The molecule has 0 saturated heterocycles. The Labute approximate surface area is 96.9 Å². The number of aromatic amines is 1. The fraction of sp³-hybridized carbons (Fsp3) is 0.182. The second-order valence-electron chi connectivity index (χ2n) is 3.28. The number of imidazole rings is 1. The van der Waals surface area contributed by atoms with Crippen LogP contribution in [0.5, 0.6) is 0 Å². The fourth-order valence-electron chi connectivity index (χ4n) is 1.43. The Morgan fingerprint density at radius 1 is 1.33 bits per heavy atom. The molecule has 0 aliphatic heterocycles. The van der Waals surface area contributed by atoms with Crippen LogP contribution in [0.1, 0.15) is 5.69 Å². The van der Waals surface area contributed by atoms with Gasteiger partial charge >= 0.3 is 0 Å². The topological polar surface area (TPSA) is 54.7 Å². The van der Waals surface area contributed by atoms with E-state index in [4.69, 9.17) is 5.73 Å². The monoisotopic (exact) mass is 265 g/mol. The van der Waals surface area contributed by atoms with Crippen LogP contribution in [0.25, 0.3) is 11.4 Å². The molecule has 0 aliphatic carbocycles. The molecule has 3 nitrogen and oxygen atoms in total. The number of benzene rings is 1. The Kier molecular flexibility index (Phi) is 3.18. The summed E-state index contributed by atoms with van der Waals surface area (Å²) in [6.07, 6.45) is 2.67. The number of hydrogen-bond donors (Lipinski definition) is 2. The number of rotatable bonds is 3. The predicted octanol–water partition coefficient (Wildman–Crippen LogP) is 2.34. The van der Waals surface area contributed by atoms with Crippen molar-refractivity contribution < 1.29 is 0 Å². The van der Waals surface area contributed by atoms with E-state index < -0.39 is 0 Å². The standard InChI is InChI=1S/C11H12BrN3/c12-10-4-2-1-3-9(10)11-14-7-8(15-11)5-6-13/h1-4,7H,5-6,13H2,(H,14,15). The summed E-state index contributed by atoms with van der Waals surface area (Å²) in [6.45, 7) is 0.637. The molecule has 0 spiro atoms. The van der Waals surface area contributed by atoms with E-state index >= 15 is 0 Å². The fourth-order valence-corrected chi connectivity index (χ4v) is 1.90. The van der Waals surface area contributed by atoms with E-state index in [2.05, 4.69) is 25.9 Å². The van der Waals surface area contributed by atoms with Crippen molar-refractivity contribution in [2.45, 2.75) is 6.42 Å². The first-order valence-electron chi connectivity index (χ1n) is 4.80. The van der Waals surface area contributed by atoms with E-state index in [0.29, 0.717) is 6.54 Å². The zero-order valence-electron chi connectivity index (χ0n) is 8.20. The van der Waals surface area contributed by atoms with Crippen LogP contribution >= 0.6 is 15.9 Å². The van der Waals surface area contributed by atoms with Gasteiger partial charge in [0.1, 0.15) is 5.82 Å². The molecule has 3 N–H and O–H groups in total. The van der Waals surface area contributed by atoms with Crippen molar-refractivity contribution in [2.75, 3.05) is 6.54 Å². The summed E-state index contributed by atoms with van der Waals surface area (Å²) < 4.78 is 1.04. The summed E-state index contributed by atoms with van der Waals surface area (Å²) in [6, 6.07) is 8.00. The minimum Gasteiger partial charge on any atom is -0.342 e. The highest BCUT2D eigenvalue weighted by molar-refractivity contribution is 9.10. The maximum absolute atomic E-state index is 5.48. The lowest BCUT2D eigenvalue weighted by Gasteiger charge is -1.99. The molecule has 0 saturated carbocycles. The van der Waals surface area contributed by atoms with Gasteiger partial charge in [-0.3, -0.25) is 0 Å². The molecule has 0 bridgehead atoms. The highest BCUT2D eigenvalue weighted by Gasteiger charge is 2.05. The molecular weight excluding hydrogens is 254 g/mol. The molecule has 0 unspecified atom stereocenters. The Balaban J connectivity index is 2.33. The third kappa shape index (κ3) is 2.27. The molecule has 1 aromatic heterocycles. The van der Waals surface area contributed by atoms with Gasteiger partial charge in [-0.05, 0) is 12.6 Å². The van der Waals surface area contributed by atoms with Crippen LogP contribution in [-0.4, -0.2) is 16.5 Å². The Bertz CT molecular complexity index is 451. The lowest BCUT2D eigenvalue weighted by atomic mass is 10.2. The maximum Gasteiger partial charge on any atom is 0.138 e. The van der Waals surface area contributed by atoms with Crippen molar-refractivity contribution in [3.05, 3.63) is 40.6 Å². The van der Waals surface area contributed by atoms with Crippen LogP contribution in [0.3, 0.4) is 0 Å². The average molecular weight is 266 g/mol. The zero-order valence-corrected chi connectivity index (χ0v) is 9.79. The van der Waals surface area contributed by atoms with E-state index in [1.807, 2.05) is 30.5 Å². The Morgan fingerprint density at radius 3 is 2.87 bits per heavy atom. The highest BCUT2D eigenvalue weighted by Crippen LogP contribution is 2.25. The highest BCUT2D eigenvalue weighted by atomic mass is 79.9. The lowest BCUT2D eigenvalue weighted by molar-refractivity contribution is 0.936. The zero-order chi connectivity index (χ0) is 10.7. The molecule has 1 aromatic carbocycles. The van der Waals surface area contributed by atoms with Crippen LogP contribution < -0.4 is 5.73 Å². The van der Waals surface area contributed by atoms with E-state index in [1.54, 1.807) is 0 Å². The summed E-state index contributed by atoms with van der Waals surface area (Å²) >= 11 is 3.50. The summed E-state index contributed by atoms with van der Waals surface area (Å²) in [4.78, 5) is 7.57. The van der Waals surface area contributed by atoms with Gasteiger partial charge in [0.25, 0.3) is 0 Å². The van der Waals surface area contributed by atoms with Gasteiger partial charge in [0.15, 0.2) is 0 Å². The van der Waals surface area contributed by atoms with Crippen molar-refractivity contribution in [3.8, 4) is 11.4 Å². The molecule has 0 amide bonds. The number of nitrogens with one attached hydrogen (secondary N) is 1. The quantitative estimate of drug-likeness (QED) is 0.895. The number of aromatic nitrogens is 2. The number of nitrogens with two attached hydrogens (primary N) is 1. The lowest BCUT2D eigenvalue weighted by Crippen LogP contribution is -2.02. The number of hydrogen-bond acceptors (Lipinski definition) is 2. The van der Waals surface area contributed by atoms with Crippen molar-refractivity contribution in [3.63, 3.8) is 0 Å². The average Bonchev–Trinajstić information content (AvgIpc) is 2.68. The van der Waals surface area contributed by atoms with Crippen molar-refractivity contribution in [2.24, 2.45) is 5.73 Å². The molecule has 0 aliphatic rings. The van der Waals surface area contributed by atoms with Crippen LogP contribution in [0.2, 0.25) is 0 Å². The molecule has 0 radical (unpaired) electrons. The minimum absolute atomic E-state index is 0.637. The van der Waals surface area contributed by atoms with Crippen LogP contribution in [0, 0.1) is 0 Å². The summed E-state index contributed by atoms with van der Waals surface area (Å²) in [5.74, 6) is 0.880. The third-order valence-electron chi connectivity index (χ3n) is 2.17. The molecule has 2 rings (SSSR count). The van der Waals surface area contributed by atoms with E-state index in [9.17, 15) is 0 Å². The molecule has 4 heteroatoms. The van der Waals surface area contributed by atoms with Crippen LogP contribution in [0.15, 0.2) is 34.9 Å². The number of H-pyrrole nitrogens is 1. The van der Waals surface area contributed by atoms with Gasteiger partial charge in [-0.25, -0.2) is 4.98 Å². The first-order valence-corrected chi connectivity index (χ1v) is 5.59. The van der Waals surface area contributed by atoms with Crippen molar-refractivity contribution in [1.29, 1.82) is 0 Å². The van der Waals surface area contributed by atoms with Crippen molar-refractivity contribution in [1.82, 2.24) is 9.97 Å². The van der Waals surface area contributed by atoms with Crippen LogP contribution in [-0.2, 0) is 6.42 Å². The Hall–Kier alpha value is -1.13. The van der Waals surface area contributed by atoms with E-state index in [-0.39, 0.29) is 0 Å². The van der Waals surface area contributed by atoms with Gasteiger partial charge in [-0.15, -0.1) is 0 Å². The van der Waals surface area contributed by atoms with Gasteiger partial charge < -0.3 is 10.7 Å². The van der Waals surface area contributed by atoms with Gasteiger partial charge in [0.05, 0.1) is 0 Å². The summed E-state index contributed by atoms with van der Waals surface area (Å²) in [5, 5.41) is 0. The second-order valence-corrected chi connectivity index (χ2v) is 4.13. The number of halogens is 1. The first kappa shape index (κ1) is 10.4. The van der Waals surface area contributed by atoms with E-state index in [1.165, 1.54) is 0 Å². The molecule has 0 fully saturated rings. The largest absolute Gasteiger partial charge is 0.342 e. The molecule has 1 heterocycles. The summed E-state index contributed by atoms with van der Waals surface area (Å²) in [7, 11) is 0. The smallest absolute Gasteiger partial charge is 0.138 e. The molecular formula is C11H12BrN3. The van der Waals surface area contributed by atoms with Gasteiger partial charge in [-0.1, -0.05) is 34.1 Å². The molecule has 78 valence electrons. The second kappa shape index (κ2) is 4.59. The minimum atomic E-state index is 0.637. The van der Waals surface area contributed by atoms with Gasteiger partial charge in [0, 0.05) is 28.3 Å². The summed E-state index contributed by atoms with van der Waals surface area (Å²) in [5.41, 5.74) is 7.62. The van der Waals surface area contributed by atoms with Gasteiger partial charge in [0.2, 0.25) is 0 Å². The van der Waals surface area contributed by atoms with Crippen LogP contribution in [0.4, 0.5) is 0 Å². The SMILES string of the molecule is NCCc1cnc(-c2ccccc2Br)[nH]1. The molecule has 15 heavy (non-hydrogen) atoms. The van der Waals surface area contributed by atoms with Gasteiger partial charge in [-0.2, -0.15) is 0 Å². The molecule has 2 aromatic rings. The predicted molar refractivity (Wildman–Crippen MR) is 64.5 cm³/mol. The first-order chi connectivity index (χ1) is 7.31. The normalized spacial score (nSPS) is 10.5. The Morgan fingerprint density at radius 2 is 2.13 bits per heavy atom. The molecule has 0 atom stereocenters.